The lowest BCUT2D eigenvalue weighted by atomic mass is 9.82. The molecule has 22 heavy (non-hydrogen) atoms. The van der Waals surface area contributed by atoms with Crippen LogP contribution in [0.4, 0.5) is 0 Å². The van der Waals surface area contributed by atoms with E-state index in [1.54, 1.807) is 0 Å². The molecule has 1 rings (SSSR count). The number of carbonyl (C=O) groups excluding carboxylic acids is 2. The Labute approximate surface area is 124 Å². The van der Waals surface area contributed by atoms with Gasteiger partial charge in [-0.1, -0.05) is 0 Å². The van der Waals surface area contributed by atoms with Crippen molar-refractivity contribution < 1.29 is 54.7 Å². The fraction of sp³-hybridized carbons (Fsp3) is 0.818. The van der Waals surface area contributed by atoms with Crippen molar-refractivity contribution in [2.24, 2.45) is 0 Å². The van der Waals surface area contributed by atoms with Crippen molar-refractivity contribution in [1.82, 2.24) is 0 Å². The molecule has 6 atom stereocenters. The highest BCUT2D eigenvalue weighted by atomic mass is 17.2. The zero-order valence-electron chi connectivity index (χ0n) is 11.7. The van der Waals surface area contributed by atoms with E-state index in [0.29, 0.717) is 6.92 Å². The van der Waals surface area contributed by atoms with Crippen LogP contribution in [0.15, 0.2) is 0 Å². The first-order valence-electron chi connectivity index (χ1n) is 6.16. The zero-order chi connectivity index (χ0) is 17.3. The third kappa shape index (κ3) is 3.05. The molecule has 1 heterocycles. The smallest absolute Gasteiger partial charge is 0.392 e. The maximum Gasteiger partial charge on any atom is 0.392 e. The Bertz CT molecular complexity index is 434. The van der Waals surface area contributed by atoms with Crippen LogP contribution in [0.5, 0.6) is 0 Å². The summed E-state index contributed by atoms with van der Waals surface area (Å²) in [6.45, 7) is 0.647. The van der Waals surface area contributed by atoms with Gasteiger partial charge in [0.05, 0.1) is 6.61 Å². The molecular formula is C11H18O11. The fourth-order valence-corrected chi connectivity index (χ4v) is 1.88. The van der Waals surface area contributed by atoms with Crippen LogP contribution in [0, 0.1) is 0 Å². The maximum atomic E-state index is 11.7. The Kier molecular flexibility index (Phi) is 5.46. The molecule has 0 spiro atoms. The van der Waals surface area contributed by atoms with Gasteiger partial charge in [0, 0.05) is 6.92 Å². The summed E-state index contributed by atoms with van der Waals surface area (Å²) in [5, 5.41) is 58.4. The van der Waals surface area contributed by atoms with E-state index in [1.165, 1.54) is 0 Å². The van der Waals surface area contributed by atoms with Crippen molar-refractivity contribution in [2.45, 2.75) is 49.7 Å². The first kappa shape index (κ1) is 18.7. The van der Waals surface area contributed by atoms with Gasteiger partial charge in [0.15, 0.2) is 0 Å². The van der Waals surface area contributed by atoms with Gasteiger partial charge in [-0.25, -0.2) is 19.4 Å². The number of hydrogen-bond donors (Lipinski definition) is 6. The van der Waals surface area contributed by atoms with Gasteiger partial charge in [0.1, 0.15) is 24.4 Å². The predicted molar refractivity (Wildman–Crippen MR) is 63.4 cm³/mol. The van der Waals surface area contributed by atoms with Crippen molar-refractivity contribution >= 4 is 11.9 Å². The highest BCUT2D eigenvalue weighted by molar-refractivity contribution is 5.80. The third-order valence-electron chi connectivity index (χ3n) is 3.30. The average Bonchev–Trinajstić information content (AvgIpc) is 2.45. The van der Waals surface area contributed by atoms with Gasteiger partial charge in [0.2, 0.25) is 11.4 Å². The van der Waals surface area contributed by atoms with Crippen LogP contribution in [0.25, 0.3) is 0 Å². The Balaban J connectivity index is 3.07. The summed E-state index contributed by atoms with van der Waals surface area (Å²) in [6, 6.07) is 0. The van der Waals surface area contributed by atoms with Crippen molar-refractivity contribution in [3.8, 4) is 0 Å². The predicted octanol–water partition coefficient (Wildman–Crippen LogP) is -4.08. The number of aliphatic hydroxyl groups is 6. The highest BCUT2D eigenvalue weighted by Gasteiger charge is 2.65. The quantitative estimate of drug-likeness (QED) is 0.219. The van der Waals surface area contributed by atoms with Gasteiger partial charge in [-0.15, -0.1) is 0 Å². The number of ether oxygens (including phenoxy) is 1. The summed E-state index contributed by atoms with van der Waals surface area (Å²) in [7, 11) is 0. The van der Waals surface area contributed by atoms with E-state index < -0.39 is 54.3 Å². The Morgan fingerprint density at radius 2 is 1.77 bits per heavy atom. The number of hydrogen-bond acceptors (Lipinski definition) is 11. The molecule has 2 unspecified atom stereocenters. The molecule has 128 valence electrons. The largest absolute Gasteiger partial charge is 0.394 e. The molecule has 11 heteroatoms. The molecule has 0 radical (unpaired) electrons. The minimum Gasteiger partial charge on any atom is -0.394 e. The van der Waals surface area contributed by atoms with E-state index in [0.717, 1.165) is 6.92 Å². The molecule has 1 saturated heterocycles. The van der Waals surface area contributed by atoms with Crippen LogP contribution >= 0.6 is 0 Å². The molecule has 0 amide bonds. The standard InChI is InChI=1S/C11H18O11/c1-4(13)21-22-9(17)10(2,18)11(19)8(16)7(15)6(14)5(3-12)20-11/h5-8,12,14-16,18-19H,3H2,1-2H3/t5-,6-,7+,8-,10?,11?/m1/s1. The average molecular weight is 326 g/mol. The van der Waals surface area contributed by atoms with E-state index in [9.17, 15) is 35.1 Å². The maximum absolute atomic E-state index is 11.7. The lowest BCUT2D eigenvalue weighted by Gasteiger charge is -2.49. The molecule has 11 nitrogen and oxygen atoms in total. The molecule has 6 N–H and O–H groups in total. The molecule has 1 aliphatic rings. The van der Waals surface area contributed by atoms with Crippen molar-refractivity contribution in [1.29, 1.82) is 0 Å². The minimum absolute atomic E-state index is 0.654. The van der Waals surface area contributed by atoms with E-state index in [4.69, 9.17) is 9.84 Å². The lowest BCUT2D eigenvalue weighted by molar-refractivity contribution is -0.396. The summed E-state index contributed by atoms with van der Waals surface area (Å²) >= 11 is 0. The summed E-state index contributed by atoms with van der Waals surface area (Å²) in [5.41, 5.74) is -3.02. The van der Waals surface area contributed by atoms with Gasteiger partial charge in [-0.05, 0) is 6.92 Å². The van der Waals surface area contributed by atoms with E-state index in [1.807, 2.05) is 0 Å². The molecule has 0 aromatic rings. The fourth-order valence-electron chi connectivity index (χ4n) is 1.88. The van der Waals surface area contributed by atoms with Crippen LogP contribution in [-0.4, -0.2) is 85.0 Å². The Hall–Kier alpha value is -1.34. The van der Waals surface area contributed by atoms with E-state index in [2.05, 4.69) is 9.78 Å². The topological polar surface area (TPSA) is 183 Å². The molecule has 1 aliphatic heterocycles. The number of carbonyl (C=O) groups is 2. The molecular weight excluding hydrogens is 308 g/mol. The van der Waals surface area contributed by atoms with Crippen LogP contribution in [-0.2, 0) is 24.1 Å². The highest BCUT2D eigenvalue weighted by Crippen LogP contribution is 2.37. The summed E-state index contributed by atoms with van der Waals surface area (Å²) in [4.78, 5) is 30.1. The molecule has 0 aromatic heterocycles. The number of rotatable bonds is 3. The van der Waals surface area contributed by atoms with Crippen LogP contribution < -0.4 is 0 Å². The van der Waals surface area contributed by atoms with Gasteiger partial charge >= 0.3 is 11.9 Å². The van der Waals surface area contributed by atoms with Crippen molar-refractivity contribution in [3.63, 3.8) is 0 Å². The van der Waals surface area contributed by atoms with E-state index in [-0.39, 0.29) is 0 Å². The second kappa shape index (κ2) is 6.42. The van der Waals surface area contributed by atoms with Crippen LogP contribution in [0.1, 0.15) is 13.8 Å². The van der Waals surface area contributed by atoms with Crippen molar-refractivity contribution in [3.05, 3.63) is 0 Å². The first-order chi connectivity index (χ1) is 9.99. The summed E-state index contributed by atoms with van der Waals surface area (Å²) < 4.78 is 4.77. The molecule has 0 aromatic carbocycles. The third-order valence-corrected chi connectivity index (χ3v) is 3.30. The SMILES string of the molecule is CC(=O)OOC(=O)C(C)(O)C1(O)O[C@H](CO)[C@@H](O)[C@H](O)[C@H]1O. The van der Waals surface area contributed by atoms with Gasteiger partial charge in [-0.3, -0.25) is 0 Å². The molecule has 0 bridgehead atoms. The first-order valence-corrected chi connectivity index (χ1v) is 6.16. The molecule has 0 aliphatic carbocycles. The second-order valence-electron chi connectivity index (χ2n) is 4.98. The zero-order valence-corrected chi connectivity index (χ0v) is 11.7. The Morgan fingerprint density at radius 3 is 2.23 bits per heavy atom. The summed E-state index contributed by atoms with van der Waals surface area (Å²) in [6.07, 6.45) is -7.80. The minimum atomic E-state index is -3.16. The van der Waals surface area contributed by atoms with Crippen molar-refractivity contribution in [2.75, 3.05) is 6.61 Å². The monoisotopic (exact) mass is 326 g/mol. The summed E-state index contributed by atoms with van der Waals surface area (Å²) in [5.74, 6) is -5.91. The molecule has 0 saturated carbocycles. The van der Waals surface area contributed by atoms with E-state index >= 15 is 0 Å². The normalized spacial score (nSPS) is 38.0. The van der Waals surface area contributed by atoms with Gasteiger partial charge < -0.3 is 35.4 Å². The molecule has 1 fully saturated rings. The number of aliphatic hydroxyl groups excluding tert-OH is 4. The lowest BCUT2D eigenvalue weighted by Crippen LogP contribution is -2.74. The van der Waals surface area contributed by atoms with Gasteiger partial charge in [0.25, 0.3) is 0 Å². The Morgan fingerprint density at radius 1 is 1.23 bits per heavy atom. The van der Waals surface area contributed by atoms with Crippen LogP contribution in [0.2, 0.25) is 0 Å². The second-order valence-corrected chi connectivity index (χ2v) is 4.98. The van der Waals surface area contributed by atoms with Crippen LogP contribution in [0.3, 0.4) is 0 Å². The van der Waals surface area contributed by atoms with Gasteiger partial charge in [-0.2, -0.15) is 0 Å².